The van der Waals surface area contributed by atoms with Gasteiger partial charge in [0, 0.05) is 21.2 Å². The third-order valence-electron chi connectivity index (χ3n) is 2.92. The van der Waals surface area contributed by atoms with Crippen molar-refractivity contribution in [1.29, 1.82) is 0 Å². The van der Waals surface area contributed by atoms with Crippen LogP contribution >= 0.6 is 15.9 Å². The average molecular weight is 285 g/mol. The highest BCUT2D eigenvalue weighted by molar-refractivity contribution is 9.15. The molecule has 0 spiro atoms. The zero-order valence-corrected chi connectivity index (χ0v) is 10.6. The number of carbonyl (C=O) groups is 1. The van der Waals surface area contributed by atoms with E-state index in [0.29, 0.717) is 0 Å². The van der Waals surface area contributed by atoms with Gasteiger partial charge in [0.25, 0.3) is 0 Å². The van der Waals surface area contributed by atoms with Crippen LogP contribution in [0.25, 0.3) is 10.1 Å². The molecule has 1 aliphatic rings. The van der Waals surface area contributed by atoms with Crippen molar-refractivity contribution in [2.24, 2.45) is 0 Å². The molecule has 2 aromatic carbocycles. The summed E-state index contributed by atoms with van der Waals surface area (Å²) in [5.74, 6) is 0.0960. The molecule has 0 amide bonds. The highest BCUT2D eigenvalue weighted by atomic mass is 79.9. The van der Waals surface area contributed by atoms with Crippen molar-refractivity contribution in [3.8, 4) is 0 Å². The molecule has 2 heteroatoms. The predicted molar refractivity (Wildman–Crippen MR) is 73.0 cm³/mol. The maximum atomic E-state index is 12.3. The Morgan fingerprint density at radius 3 is 2.00 bits per heavy atom. The number of ketones is 1. The lowest BCUT2D eigenvalue weighted by molar-refractivity contribution is 0.105. The molecule has 0 aliphatic heterocycles. The molecule has 17 heavy (non-hydrogen) atoms. The third kappa shape index (κ3) is 1.56. The monoisotopic (exact) mass is 284 g/mol. The molecule has 0 saturated heterocycles. The molecular formula is C15H9BrO. The summed E-state index contributed by atoms with van der Waals surface area (Å²) in [5.41, 5.74) is 3.47. The largest absolute Gasteiger partial charge is 0.289 e. The molecular weight excluding hydrogens is 276 g/mol. The molecule has 0 aromatic heterocycles. The molecule has 0 radical (unpaired) electrons. The molecule has 1 nitrogen and oxygen atoms in total. The first-order valence-electron chi connectivity index (χ1n) is 5.38. The molecule has 0 atom stereocenters. The van der Waals surface area contributed by atoms with Crippen molar-refractivity contribution in [3.63, 3.8) is 0 Å². The minimum atomic E-state index is 0.0960. The maximum absolute atomic E-state index is 12.3. The van der Waals surface area contributed by atoms with Crippen LogP contribution in [0, 0.1) is 0 Å². The van der Waals surface area contributed by atoms with Gasteiger partial charge in [-0.3, -0.25) is 4.79 Å². The molecule has 0 N–H and O–H groups in total. The Morgan fingerprint density at radius 1 is 0.765 bits per heavy atom. The Balaban J connectivity index is 2.22. The number of allylic oxidation sites excluding steroid dienone is 1. The van der Waals surface area contributed by atoms with E-state index < -0.39 is 0 Å². The maximum Gasteiger partial charge on any atom is 0.195 e. The summed E-state index contributed by atoms with van der Waals surface area (Å²) in [4.78, 5) is 12.3. The Labute approximate surface area is 108 Å². The van der Waals surface area contributed by atoms with Crippen LogP contribution in [0.5, 0.6) is 0 Å². The predicted octanol–water partition coefficient (Wildman–Crippen LogP) is 4.15. The molecule has 3 rings (SSSR count). The van der Waals surface area contributed by atoms with Crippen LogP contribution in [0.3, 0.4) is 0 Å². The average Bonchev–Trinajstić information content (AvgIpc) is 2.64. The van der Waals surface area contributed by atoms with Gasteiger partial charge >= 0.3 is 0 Å². The SMILES string of the molecule is O=C1C(c2ccccc2)=C(Br)c2ccccc21. The number of halogens is 1. The Kier molecular flexibility index (Phi) is 2.45. The van der Waals surface area contributed by atoms with Gasteiger partial charge in [-0.15, -0.1) is 0 Å². The molecule has 1 aliphatic carbocycles. The van der Waals surface area contributed by atoms with Crippen molar-refractivity contribution in [2.45, 2.75) is 0 Å². The Morgan fingerprint density at radius 2 is 1.35 bits per heavy atom. The van der Waals surface area contributed by atoms with Crippen molar-refractivity contribution >= 4 is 31.8 Å². The fraction of sp³-hybridized carbons (Fsp3) is 0. The summed E-state index contributed by atoms with van der Waals surface area (Å²) in [6.07, 6.45) is 0. The van der Waals surface area contributed by atoms with Gasteiger partial charge in [-0.25, -0.2) is 0 Å². The van der Waals surface area contributed by atoms with E-state index in [2.05, 4.69) is 15.9 Å². The lowest BCUT2D eigenvalue weighted by Gasteiger charge is -2.01. The van der Waals surface area contributed by atoms with E-state index >= 15 is 0 Å². The van der Waals surface area contributed by atoms with E-state index in [4.69, 9.17) is 0 Å². The Hall–Kier alpha value is -1.67. The number of carbonyl (C=O) groups excluding carboxylic acids is 1. The minimum Gasteiger partial charge on any atom is -0.289 e. The zero-order chi connectivity index (χ0) is 11.8. The van der Waals surface area contributed by atoms with Crippen LogP contribution < -0.4 is 0 Å². The lowest BCUT2D eigenvalue weighted by Crippen LogP contribution is -1.97. The van der Waals surface area contributed by atoms with Gasteiger partial charge in [0.1, 0.15) is 0 Å². The lowest BCUT2D eigenvalue weighted by atomic mass is 10.0. The molecule has 0 fully saturated rings. The van der Waals surface area contributed by atoms with Gasteiger partial charge in [-0.1, -0.05) is 54.6 Å². The standard InChI is InChI=1S/C15H9BrO/c16-14-11-8-4-5-9-12(11)15(17)13(14)10-6-2-1-3-7-10/h1-9H. The molecule has 0 saturated carbocycles. The van der Waals surface area contributed by atoms with Crippen LogP contribution in [0.4, 0.5) is 0 Å². The second-order valence-corrected chi connectivity index (χ2v) is 4.72. The van der Waals surface area contributed by atoms with Crippen molar-refractivity contribution in [2.75, 3.05) is 0 Å². The van der Waals surface area contributed by atoms with Crippen LogP contribution in [0.1, 0.15) is 21.5 Å². The van der Waals surface area contributed by atoms with Gasteiger partial charge in [0.2, 0.25) is 0 Å². The highest BCUT2D eigenvalue weighted by Gasteiger charge is 2.28. The first-order chi connectivity index (χ1) is 8.29. The van der Waals surface area contributed by atoms with Gasteiger partial charge in [0.15, 0.2) is 5.78 Å². The quantitative estimate of drug-likeness (QED) is 0.769. The van der Waals surface area contributed by atoms with Gasteiger partial charge in [-0.05, 0) is 21.5 Å². The molecule has 0 heterocycles. The fourth-order valence-electron chi connectivity index (χ4n) is 2.10. The van der Waals surface area contributed by atoms with Crippen LogP contribution in [-0.4, -0.2) is 5.78 Å². The summed E-state index contributed by atoms with van der Waals surface area (Å²) in [6, 6.07) is 17.4. The second kappa shape index (κ2) is 3.97. The third-order valence-corrected chi connectivity index (χ3v) is 3.74. The fourth-order valence-corrected chi connectivity index (χ4v) is 2.86. The highest BCUT2D eigenvalue weighted by Crippen LogP contribution is 2.41. The molecule has 82 valence electrons. The smallest absolute Gasteiger partial charge is 0.195 e. The molecule has 0 unspecified atom stereocenters. The number of rotatable bonds is 1. The van der Waals surface area contributed by atoms with E-state index in [9.17, 15) is 4.79 Å². The number of hydrogen-bond donors (Lipinski definition) is 0. The van der Waals surface area contributed by atoms with E-state index in [1.54, 1.807) is 0 Å². The summed E-state index contributed by atoms with van der Waals surface area (Å²) >= 11 is 3.54. The van der Waals surface area contributed by atoms with Crippen molar-refractivity contribution in [1.82, 2.24) is 0 Å². The normalized spacial score (nSPS) is 14.1. The number of fused-ring (bicyclic) bond motifs is 1. The molecule has 0 bridgehead atoms. The van der Waals surface area contributed by atoms with Crippen LogP contribution in [-0.2, 0) is 0 Å². The number of benzene rings is 2. The van der Waals surface area contributed by atoms with Crippen molar-refractivity contribution in [3.05, 3.63) is 71.3 Å². The summed E-state index contributed by atoms with van der Waals surface area (Å²) in [7, 11) is 0. The number of Topliss-reactive ketones (excluding diaryl/α,β-unsaturated/α-hetero) is 1. The van der Waals surface area contributed by atoms with E-state index in [1.165, 1.54) is 0 Å². The first-order valence-corrected chi connectivity index (χ1v) is 6.17. The van der Waals surface area contributed by atoms with Gasteiger partial charge in [-0.2, -0.15) is 0 Å². The Bertz CT molecular complexity index is 626. The summed E-state index contributed by atoms with van der Waals surface area (Å²) < 4.78 is 0.893. The van der Waals surface area contributed by atoms with Gasteiger partial charge < -0.3 is 0 Å². The molecule has 2 aromatic rings. The summed E-state index contributed by atoms with van der Waals surface area (Å²) in [6.45, 7) is 0. The van der Waals surface area contributed by atoms with E-state index in [1.807, 2.05) is 54.6 Å². The minimum absolute atomic E-state index is 0.0960. The van der Waals surface area contributed by atoms with Crippen LogP contribution in [0.2, 0.25) is 0 Å². The second-order valence-electron chi connectivity index (χ2n) is 3.93. The van der Waals surface area contributed by atoms with Crippen LogP contribution in [0.15, 0.2) is 54.6 Å². The van der Waals surface area contributed by atoms with E-state index in [0.717, 1.165) is 26.7 Å². The topological polar surface area (TPSA) is 17.1 Å². The zero-order valence-electron chi connectivity index (χ0n) is 8.98. The summed E-state index contributed by atoms with van der Waals surface area (Å²) in [5, 5.41) is 0. The van der Waals surface area contributed by atoms with Crippen molar-refractivity contribution < 1.29 is 4.79 Å². The first kappa shape index (κ1) is 10.5. The van der Waals surface area contributed by atoms with Gasteiger partial charge in [0.05, 0.1) is 0 Å². The van der Waals surface area contributed by atoms with E-state index in [-0.39, 0.29) is 5.78 Å². The number of hydrogen-bond acceptors (Lipinski definition) is 1.